The predicted octanol–water partition coefficient (Wildman–Crippen LogP) is 2.28. The van der Waals surface area contributed by atoms with Crippen LogP contribution in [0.15, 0.2) is 0 Å². The minimum atomic E-state index is -0.0729. The van der Waals surface area contributed by atoms with Gasteiger partial charge in [-0.2, -0.15) is 0 Å². The molecule has 1 saturated carbocycles. The van der Waals surface area contributed by atoms with E-state index in [1.54, 1.807) is 0 Å². The number of nitrogens with zero attached hydrogens (tertiary/aromatic N) is 1. The fourth-order valence-corrected chi connectivity index (χ4v) is 3.60. The zero-order chi connectivity index (χ0) is 13.0. The summed E-state index contributed by atoms with van der Waals surface area (Å²) in [5.74, 6) is 1.34. The maximum absolute atomic E-state index is 10.2. The second-order valence-electron chi connectivity index (χ2n) is 6.24. The first-order valence-electron chi connectivity index (χ1n) is 7.71. The summed E-state index contributed by atoms with van der Waals surface area (Å²) in [4.78, 5) is 2.48. The van der Waals surface area contributed by atoms with Crippen molar-refractivity contribution >= 4 is 0 Å². The summed E-state index contributed by atoms with van der Waals surface area (Å²) in [6, 6.07) is 0. The molecule has 1 heterocycles. The van der Waals surface area contributed by atoms with Gasteiger partial charge >= 0.3 is 0 Å². The molecule has 0 aromatic carbocycles. The van der Waals surface area contributed by atoms with Crippen molar-refractivity contribution in [3.63, 3.8) is 0 Å². The van der Waals surface area contributed by atoms with Gasteiger partial charge in [-0.3, -0.25) is 4.90 Å². The normalized spacial score (nSPS) is 38.8. The average Bonchev–Trinajstić information content (AvgIpc) is 2.34. The van der Waals surface area contributed by atoms with E-state index in [1.807, 2.05) is 0 Å². The molecule has 0 radical (unpaired) electrons. The summed E-state index contributed by atoms with van der Waals surface area (Å²) in [6.07, 6.45) is 6.35. The number of aliphatic hydroxyl groups excluding tert-OH is 1. The molecule has 3 nitrogen and oxygen atoms in total. The van der Waals surface area contributed by atoms with Gasteiger partial charge in [-0.05, 0) is 38.0 Å². The van der Waals surface area contributed by atoms with Crippen molar-refractivity contribution < 1.29 is 9.84 Å². The van der Waals surface area contributed by atoms with E-state index in [4.69, 9.17) is 4.74 Å². The standard InChI is InChI=1S/C15H29NO2/c1-3-4-13-5-6-15(17)14(9-13)11-16-7-8-18-12(2)10-16/h12-15,17H,3-11H2,1-2H3. The second-order valence-corrected chi connectivity index (χ2v) is 6.24. The molecular formula is C15H29NO2. The molecule has 106 valence electrons. The van der Waals surface area contributed by atoms with Crippen molar-refractivity contribution in [1.29, 1.82) is 0 Å². The van der Waals surface area contributed by atoms with E-state index in [0.717, 1.165) is 38.6 Å². The first-order valence-corrected chi connectivity index (χ1v) is 7.71. The van der Waals surface area contributed by atoms with Crippen LogP contribution in [0.2, 0.25) is 0 Å². The van der Waals surface area contributed by atoms with E-state index in [1.165, 1.54) is 25.7 Å². The Bertz CT molecular complexity index is 247. The van der Waals surface area contributed by atoms with Gasteiger partial charge in [-0.1, -0.05) is 19.8 Å². The van der Waals surface area contributed by atoms with Crippen molar-refractivity contribution in [2.24, 2.45) is 11.8 Å². The Morgan fingerprint density at radius 2 is 2.17 bits per heavy atom. The van der Waals surface area contributed by atoms with E-state index in [2.05, 4.69) is 18.7 Å². The number of ether oxygens (including phenoxy) is 1. The highest BCUT2D eigenvalue weighted by Gasteiger charge is 2.31. The summed E-state index contributed by atoms with van der Waals surface area (Å²) < 4.78 is 5.58. The molecule has 0 bridgehead atoms. The topological polar surface area (TPSA) is 32.7 Å². The maximum atomic E-state index is 10.2. The van der Waals surface area contributed by atoms with Crippen LogP contribution in [-0.2, 0) is 4.74 Å². The van der Waals surface area contributed by atoms with E-state index in [0.29, 0.717) is 12.0 Å². The molecule has 2 rings (SSSR count). The largest absolute Gasteiger partial charge is 0.393 e. The minimum Gasteiger partial charge on any atom is -0.393 e. The highest BCUT2D eigenvalue weighted by Crippen LogP contribution is 2.32. The lowest BCUT2D eigenvalue weighted by molar-refractivity contribution is -0.0409. The second kappa shape index (κ2) is 6.88. The van der Waals surface area contributed by atoms with E-state index in [-0.39, 0.29) is 6.10 Å². The van der Waals surface area contributed by atoms with Crippen LogP contribution in [0.5, 0.6) is 0 Å². The van der Waals surface area contributed by atoms with Crippen LogP contribution >= 0.6 is 0 Å². The molecule has 4 atom stereocenters. The Morgan fingerprint density at radius 1 is 1.33 bits per heavy atom. The Labute approximate surface area is 112 Å². The smallest absolute Gasteiger partial charge is 0.0674 e. The Hall–Kier alpha value is -0.120. The Balaban J connectivity index is 1.82. The molecule has 1 aliphatic heterocycles. The lowest BCUT2D eigenvalue weighted by Gasteiger charge is -2.39. The molecule has 0 amide bonds. The van der Waals surface area contributed by atoms with Crippen molar-refractivity contribution in [3.05, 3.63) is 0 Å². The molecule has 18 heavy (non-hydrogen) atoms. The first kappa shape index (κ1) is 14.3. The van der Waals surface area contributed by atoms with Crippen molar-refractivity contribution in [2.45, 2.75) is 58.2 Å². The van der Waals surface area contributed by atoms with Gasteiger partial charge in [-0.25, -0.2) is 0 Å². The van der Waals surface area contributed by atoms with Crippen molar-refractivity contribution in [3.8, 4) is 0 Å². The molecule has 2 fully saturated rings. The maximum Gasteiger partial charge on any atom is 0.0674 e. The molecule has 1 N–H and O–H groups in total. The van der Waals surface area contributed by atoms with Crippen LogP contribution < -0.4 is 0 Å². The molecule has 0 spiro atoms. The van der Waals surface area contributed by atoms with Gasteiger partial charge < -0.3 is 9.84 Å². The van der Waals surface area contributed by atoms with Gasteiger partial charge in [-0.15, -0.1) is 0 Å². The highest BCUT2D eigenvalue weighted by molar-refractivity contribution is 4.83. The summed E-state index contributed by atoms with van der Waals surface area (Å²) in [5.41, 5.74) is 0. The third-order valence-electron chi connectivity index (χ3n) is 4.57. The van der Waals surface area contributed by atoms with Crippen molar-refractivity contribution in [1.82, 2.24) is 4.90 Å². The fourth-order valence-electron chi connectivity index (χ4n) is 3.60. The van der Waals surface area contributed by atoms with Crippen LogP contribution in [0.25, 0.3) is 0 Å². The number of morpholine rings is 1. The number of aliphatic hydroxyl groups is 1. The van der Waals surface area contributed by atoms with Gasteiger partial charge in [0.2, 0.25) is 0 Å². The van der Waals surface area contributed by atoms with Crippen LogP contribution in [0.4, 0.5) is 0 Å². The third-order valence-corrected chi connectivity index (χ3v) is 4.57. The Kier molecular flexibility index (Phi) is 5.46. The summed E-state index contributed by atoms with van der Waals surface area (Å²) in [5, 5.41) is 10.2. The lowest BCUT2D eigenvalue weighted by atomic mass is 9.77. The lowest BCUT2D eigenvalue weighted by Crippen LogP contribution is -2.46. The molecule has 1 saturated heterocycles. The van der Waals surface area contributed by atoms with Crippen LogP contribution in [0, 0.1) is 11.8 Å². The van der Waals surface area contributed by atoms with Gasteiger partial charge in [0.25, 0.3) is 0 Å². The summed E-state index contributed by atoms with van der Waals surface area (Å²) in [7, 11) is 0. The summed E-state index contributed by atoms with van der Waals surface area (Å²) >= 11 is 0. The van der Waals surface area contributed by atoms with Crippen LogP contribution in [-0.4, -0.2) is 48.5 Å². The predicted molar refractivity (Wildman–Crippen MR) is 73.6 cm³/mol. The van der Waals surface area contributed by atoms with Gasteiger partial charge in [0.15, 0.2) is 0 Å². The fraction of sp³-hybridized carbons (Fsp3) is 1.00. The first-order chi connectivity index (χ1) is 8.69. The quantitative estimate of drug-likeness (QED) is 0.836. The number of hydrogen-bond acceptors (Lipinski definition) is 3. The molecule has 3 heteroatoms. The molecule has 1 aliphatic carbocycles. The number of rotatable bonds is 4. The molecule has 2 aliphatic rings. The SMILES string of the molecule is CCCC1CCC(O)C(CN2CCOC(C)C2)C1. The molecule has 0 aromatic heterocycles. The van der Waals surface area contributed by atoms with Gasteiger partial charge in [0.1, 0.15) is 0 Å². The zero-order valence-electron chi connectivity index (χ0n) is 12.0. The summed E-state index contributed by atoms with van der Waals surface area (Å²) in [6.45, 7) is 8.39. The number of hydrogen-bond donors (Lipinski definition) is 1. The van der Waals surface area contributed by atoms with E-state index >= 15 is 0 Å². The van der Waals surface area contributed by atoms with E-state index in [9.17, 15) is 5.11 Å². The molecule has 4 unspecified atom stereocenters. The Morgan fingerprint density at radius 3 is 2.89 bits per heavy atom. The molecule has 0 aromatic rings. The van der Waals surface area contributed by atoms with Crippen LogP contribution in [0.1, 0.15) is 46.0 Å². The highest BCUT2D eigenvalue weighted by atomic mass is 16.5. The zero-order valence-corrected chi connectivity index (χ0v) is 12.0. The minimum absolute atomic E-state index is 0.0729. The van der Waals surface area contributed by atoms with Crippen molar-refractivity contribution in [2.75, 3.05) is 26.2 Å². The monoisotopic (exact) mass is 255 g/mol. The molecular weight excluding hydrogens is 226 g/mol. The average molecular weight is 255 g/mol. The van der Waals surface area contributed by atoms with Gasteiger partial charge in [0, 0.05) is 19.6 Å². The third kappa shape index (κ3) is 3.94. The van der Waals surface area contributed by atoms with Gasteiger partial charge in [0.05, 0.1) is 18.8 Å². The van der Waals surface area contributed by atoms with Crippen LogP contribution in [0.3, 0.4) is 0 Å². The van der Waals surface area contributed by atoms with E-state index < -0.39 is 0 Å².